The third-order valence-corrected chi connectivity index (χ3v) is 3.02. The number of carbonyl (C=O) groups is 1. The van der Waals surface area contributed by atoms with Gasteiger partial charge in [0.05, 0.1) is 18.8 Å². The first-order valence-corrected chi connectivity index (χ1v) is 5.79. The van der Waals surface area contributed by atoms with E-state index in [1.165, 1.54) is 24.3 Å². The van der Waals surface area contributed by atoms with Crippen molar-refractivity contribution in [2.24, 2.45) is 5.73 Å². The lowest BCUT2D eigenvalue weighted by molar-refractivity contribution is 0.180. The average molecular weight is 257 g/mol. The molecule has 2 aromatic carbocycles. The molecule has 0 fully saturated rings. The molecule has 4 heteroatoms. The predicted molar refractivity (Wildman–Crippen MR) is 73.3 cm³/mol. The molecule has 4 nitrogen and oxygen atoms in total. The topological polar surface area (TPSA) is 66.6 Å². The van der Waals surface area contributed by atoms with Gasteiger partial charge in [0.2, 0.25) is 0 Å². The molecule has 1 atom stereocenters. The summed E-state index contributed by atoms with van der Waals surface area (Å²) in [6.07, 6.45) is -4.99. The molecule has 3 N–H and O–H groups in total. The van der Waals surface area contributed by atoms with Crippen molar-refractivity contribution in [1.29, 1.82) is 0 Å². The Bertz CT molecular complexity index is 704. The van der Waals surface area contributed by atoms with E-state index in [2.05, 4.69) is 0 Å². The van der Waals surface area contributed by atoms with E-state index in [1.807, 2.05) is 0 Å². The van der Waals surface area contributed by atoms with Crippen molar-refractivity contribution in [3.63, 3.8) is 0 Å². The normalized spacial score (nSPS) is 26.2. The Balaban J connectivity index is 2.46. The summed E-state index contributed by atoms with van der Waals surface area (Å²) < 4.78 is 24.7. The molecule has 2 amide bonds. The summed E-state index contributed by atoms with van der Waals surface area (Å²) in [5.74, 6) is 0. The summed E-state index contributed by atoms with van der Waals surface area (Å²) in [5.41, 5.74) is 5.89. The highest BCUT2D eigenvalue weighted by atomic mass is 16.3. The number of urea groups is 1. The van der Waals surface area contributed by atoms with Gasteiger partial charge in [-0.15, -0.1) is 0 Å². The lowest BCUT2D eigenvalue weighted by atomic mass is 10.0. The number of amides is 2. The lowest BCUT2D eigenvalue weighted by Crippen LogP contribution is -2.32. The number of hydrogen-bond acceptors (Lipinski definition) is 2. The zero-order chi connectivity index (χ0) is 16.1. The van der Waals surface area contributed by atoms with E-state index >= 15 is 0 Å². The van der Waals surface area contributed by atoms with Gasteiger partial charge in [0, 0.05) is 14.7 Å². The minimum absolute atomic E-state index is 0.0185. The fourth-order valence-corrected chi connectivity index (χ4v) is 2.21. The van der Waals surface area contributed by atoms with Gasteiger partial charge in [0.25, 0.3) is 0 Å². The quantitative estimate of drug-likeness (QED) is 0.761. The zero-order valence-electron chi connectivity index (χ0n) is 13.0. The lowest BCUT2D eigenvalue weighted by Gasteiger charge is -2.22. The molecule has 0 aliphatic carbocycles. The van der Waals surface area contributed by atoms with Crippen LogP contribution in [0.15, 0.2) is 48.5 Å². The van der Waals surface area contributed by atoms with Gasteiger partial charge in [-0.25, -0.2) is 4.79 Å². The number of nitrogens with zero attached hydrogens (tertiary/aromatic N) is 1. The molecular formula is C15H14N2O2. The summed E-state index contributed by atoms with van der Waals surface area (Å²) in [6, 6.07) is 11.5. The van der Waals surface area contributed by atoms with E-state index in [4.69, 9.17) is 9.85 Å². The number of primary amides is 1. The van der Waals surface area contributed by atoms with Gasteiger partial charge in [0.15, 0.2) is 0 Å². The van der Waals surface area contributed by atoms with Crippen molar-refractivity contribution < 1.29 is 14.0 Å². The summed E-state index contributed by atoms with van der Waals surface area (Å²) in [7, 11) is 0. The van der Waals surface area contributed by atoms with Gasteiger partial charge in [-0.2, -0.15) is 0 Å². The second-order valence-electron chi connectivity index (χ2n) is 4.18. The van der Waals surface area contributed by atoms with Crippen LogP contribution in [-0.4, -0.2) is 11.1 Å². The van der Waals surface area contributed by atoms with Gasteiger partial charge in [-0.1, -0.05) is 36.4 Å². The molecular weight excluding hydrogens is 240 g/mol. The number of para-hydroxylation sites is 2. The SMILES string of the molecule is [2H]C1([2H])c2ccccc2N(C(N)=O)c2ccccc2[C@]1([2H])O. The van der Waals surface area contributed by atoms with Crippen LogP contribution in [0.1, 0.15) is 21.3 Å². The fourth-order valence-electron chi connectivity index (χ4n) is 2.21. The molecule has 2 aromatic rings. The molecule has 0 unspecified atom stereocenters. The minimum Gasteiger partial charge on any atom is -0.388 e. The number of hydrogen-bond donors (Lipinski definition) is 2. The third kappa shape index (κ3) is 1.86. The highest BCUT2D eigenvalue weighted by Gasteiger charge is 2.27. The first-order chi connectivity index (χ1) is 10.3. The zero-order valence-corrected chi connectivity index (χ0v) is 10.00. The summed E-state index contributed by atoms with van der Waals surface area (Å²) in [5, 5.41) is 10.6. The Hall–Kier alpha value is -2.33. The number of rotatable bonds is 0. The van der Waals surface area contributed by atoms with Gasteiger partial charge in [-0.05, 0) is 17.7 Å². The maximum absolute atomic E-state index is 11.9. The molecule has 0 aromatic heterocycles. The molecule has 0 bridgehead atoms. The van der Waals surface area contributed by atoms with Crippen LogP contribution in [0.5, 0.6) is 0 Å². The van der Waals surface area contributed by atoms with Crippen LogP contribution >= 0.6 is 0 Å². The number of aliphatic hydroxyl groups is 1. The Morgan fingerprint density at radius 1 is 1.26 bits per heavy atom. The molecule has 19 heavy (non-hydrogen) atoms. The van der Waals surface area contributed by atoms with E-state index < -0.39 is 18.5 Å². The molecule has 96 valence electrons. The van der Waals surface area contributed by atoms with E-state index in [0.717, 1.165) is 4.90 Å². The molecule has 0 saturated heterocycles. The van der Waals surface area contributed by atoms with Crippen LogP contribution in [0.2, 0.25) is 0 Å². The van der Waals surface area contributed by atoms with Crippen molar-refractivity contribution in [1.82, 2.24) is 0 Å². The van der Waals surface area contributed by atoms with Crippen molar-refractivity contribution in [2.45, 2.75) is 12.5 Å². The van der Waals surface area contributed by atoms with Crippen LogP contribution in [0, 0.1) is 0 Å². The number of nitrogens with two attached hydrogens (primary N) is 1. The number of benzene rings is 2. The largest absolute Gasteiger partial charge is 0.388 e. The van der Waals surface area contributed by atoms with Gasteiger partial charge < -0.3 is 10.8 Å². The van der Waals surface area contributed by atoms with E-state index in [1.54, 1.807) is 24.3 Å². The van der Waals surface area contributed by atoms with Crippen LogP contribution in [0.4, 0.5) is 16.2 Å². The van der Waals surface area contributed by atoms with Gasteiger partial charge in [-0.3, -0.25) is 4.90 Å². The Labute approximate surface area is 115 Å². The van der Waals surface area contributed by atoms with Gasteiger partial charge in [0.1, 0.15) is 0 Å². The van der Waals surface area contributed by atoms with Crippen LogP contribution in [0.25, 0.3) is 0 Å². The maximum Gasteiger partial charge on any atom is 0.323 e. The van der Waals surface area contributed by atoms with Crippen molar-refractivity contribution in [3.8, 4) is 0 Å². The number of fused-ring (bicyclic) bond motifs is 2. The Morgan fingerprint density at radius 3 is 2.63 bits per heavy atom. The monoisotopic (exact) mass is 257 g/mol. The van der Waals surface area contributed by atoms with Gasteiger partial charge >= 0.3 is 6.03 Å². The maximum atomic E-state index is 11.9. The highest BCUT2D eigenvalue weighted by Crippen LogP contribution is 2.39. The van der Waals surface area contributed by atoms with Crippen LogP contribution in [0.3, 0.4) is 0 Å². The second-order valence-corrected chi connectivity index (χ2v) is 4.18. The third-order valence-electron chi connectivity index (χ3n) is 3.02. The molecule has 1 aliphatic rings. The molecule has 1 heterocycles. The number of anilines is 2. The average Bonchev–Trinajstić information content (AvgIpc) is 2.52. The highest BCUT2D eigenvalue weighted by molar-refractivity contribution is 6.00. The minimum atomic E-state index is -2.57. The predicted octanol–water partition coefficient (Wildman–Crippen LogP) is 2.49. The first kappa shape index (κ1) is 8.72. The van der Waals surface area contributed by atoms with E-state index in [-0.39, 0.29) is 22.5 Å². The summed E-state index contributed by atoms with van der Waals surface area (Å²) in [6.45, 7) is 0. The smallest absolute Gasteiger partial charge is 0.323 e. The molecule has 0 saturated carbocycles. The number of carbonyl (C=O) groups excluding carboxylic acids is 1. The van der Waals surface area contributed by atoms with Crippen LogP contribution in [-0.2, 0) is 6.37 Å². The van der Waals surface area contributed by atoms with Crippen molar-refractivity contribution in [2.75, 3.05) is 4.90 Å². The fraction of sp³-hybridized carbons (Fsp3) is 0.133. The molecule has 1 aliphatic heterocycles. The standard InChI is InChI=1S/C15H14N2O2/c16-15(19)17-12-7-3-1-5-10(12)9-14(18)11-6-2-4-8-13(11)17/h1-8,14,18H,9H2,(H2,16,19)/t14-/m1/s1/i9D2,14D. The molecule has 0 spiro atoms. The van der Waals surface area contributed by atoms with E-state index in [9.17, 15) is 9.90 Å². The van der Waals surface area contributed by atoms with E-state index in [0.29, 0.717) is 0 Å². The van der Waals surface area contributed by atoms with Crippen molar-refractivity contribution >= 4 is 17.4 Å². The summed E-state index contributed by atoms with van der Waals surface area (Å²) in [4.78, 5) is 13.1. The second kappa shape index (κ2) is 4.40. The van der Waals surface area contributed by atoms with Crippen molar-refractivity contribution in [3.05, 3.63) is 59.7 Å². The Kier molecular flexibility index (Phi) is 2.02. The first-order valence-electron chi connectivity index (χ1n) is 7.29. The van der Waals surface area contributed by atoms with Crippen LogP contribution < -0.4 is 10.6 Å². The Morgan fingerprint density at radius 2 is 1.89 bits per heavy atom. The summed E-state index contributed by atoms with van der Waals surface area (Å²) >= 11 is 0. The molecule has 3 rings (SSSR count). The molecule has 0 radical (unpaired) electrons.